The Balaban J connectivity index is 1.20. The average molecular weight is 1140 g/mol. The Bertz CT molecular complexity index is 4090. The SMILES string of the molecule is C=C/C(=C\C1=C2CC3(C)CCCCC3(C)N2c2cc(N(c3cccc(-c4ccccc4)c3)c3cccc4c5ccccc5n(C)c34)cc(-c3ccc4c(c3/N=C(C)/C=C(C)\C=C/C)-c3cc(C(C)(C)CCC(C)(C)C)ccc3C4)c2S1)CCCC. The summed E-state index contributed by atoms with van der Waals surface area (Å²) in [5, 5.41) is 2.50. The monoisotopic (exact) mass is 1140 g/mol. The second-order valence-electron chi connectivity index (χ2n) is 27.5. The van der Waals surface area contributed by atoms with Crippen molar-refractivity contribution in [2.75, 3.05) is 9.80 Å². The summed E-state index contributed by atoms with van der Waals surface area (Å²) in [5.74, 6) is 0. The Hall–Kier alpha value is -7.34. The number of aromatic nitrogens is 1. The summed E-state index contributed by atoms with van der Waals surface area (Å²) in [6.45, 7) is 30.5. The first-order valence-electron chi connectivity index (χ1n) is 31.6. The van der Waals surface area contributed by atoms with Gasteiger partial charge < -0.3 is 14.4 Å². The van der Waals surface area contributed by atoms with E-state index in [1.807, 2.05) is 11.8 Å². The van der Waals surface area contributed by atoms with E-state index in [0.717, 1.165) is 85.4 Å². The molecule has 12 rings (SSSR count). The zero-order valence-electron chi connectivity index (χ0n) is 52.8. The quantitative estimate of drug-likeness (QED) is 0.0712. The van der Waals surface area contributed by atoms with Crippen molar-refractivity contribution in [3.63, 3.8) is 0 Å². The van der Waals surface area contributed by atoms with Crippen molar-refractivity contribution >= 4 is 67.7 Å². The van der Waals surface area contributed by atoms with Gasteiger partial charge >= 0.3 is 0 Å². The van der Waals surface area contributed by atoms with Crippen LogP contribution in [0.1, 0.15) is 157 Å². The summed E-state index contributed by atoms with van der Waals surface area (Å²) in [6, 6.07) is 53.4. The van der Waals surface area contributed by atoms with Crippen molar-refractivity contribution < 1.29 is 0 Å². The fraction of sp³-hybridized carbons (Fsp3) is 0.338. The van der Waals surface area contributed by atoms with Crippen molar-refractivity contribution in [3.05, 3.63) is 215 Å². The number of allylic oxidation sites excluding steroid dienone is 8. The fourth-order valence-corrected chi connectivity index (χ4v) is 16.0. The number of fused-ring (bicyclic) bond motifs is 11. The largest absolute Gasteiger partial charge is 0.342 e. The van der Waals surface area contributed by atoms with Crippen LogP contribution < -0.4 is 9.80 Å². The topological polar surface area (TPSA) is 23.8 Å². The van der Waals surface area contributed by atoms with Crippen LogP contribution >= 0.6 is 11.8 Å². The van der Waals surface area contributed by atoms with E-state index in [9.17, 15) is 0 Å². The maximum Gasteiger partial charge on any atom is 0.0792 e. The number of nitrogens with zero attached hydrogens (tertiary/aromatic N) is 4. The number of thioether (sulfide) groups is 1. The molecule has 85 heavy (non-hydrogen) atoms. The highest BCUT2D eigenvalue weighted by atomic mass is 32.2. The molecule has 1 saturated carbocycles. The molecule has 1 aromatic heterocycles. The predicted octanol–water partition coefficient (Wildman–Crippen LogP) is 23.6. The number of anilines is 4. The van der Waals surface area contributed by atoms with Crippen LogP contribution in [0.5, 0.6) is 0 Å². The highest BCUT2D eigenvalue weighted by Crippen LogP contribution is 2.66. The van der Waals surface area contributed by atoms with E-state index >= 15 is 0 Å². The first-order chi connectivity index (χ1) is 40.8. The lowest BCUT2D eigenvalue weighted by Crippen LogP contribution is -2.52. The van der Waals surface area contributed by atoms with Crippen LogP contribution in [-0.4, -0.2) is 15.8 Å². The summed E-state index contributed by atoms with van der Waals surface area (Å²) in [6.07, 6.45) is 23.5. The molecule has 0 N–H and O–H groups in total. The summed E-state index contributed by atoms with van der Waals surface area (Å²) in [4.78, 5) is 14.1. The number of benzene rings is 7. The second-order valence-corrected chi connectivity index (χ2v) is 28.5. The zero-order chi connectivity index (χ0) is 59.6. The van der Waals surface area contributed by atoms with Gasteiger partial charge in [-0.1, -0.05) is 207 Å². The fourth-order valence-electron chi connectivity index (χ4n) is 14.8. The first-order valence-corrected chi connectivity index (χ1v) is 32.5. The lowest BCUT2D eigenvalue weighted by molar-refractivity contribution is 0.127. The molecule has 1 saturated heterocycles. The molecule has 0 amide bonds. The van der Waals surface area contributed by atoms with Gasteiger partial charge in [-0.05, 0) is 188 Å². The minimum absolute atomic E-state index is 0.0123. The van der Waals surface area contributed by atoms with E-state index in [4.69, 9.17) is 4.99 Å². The van der Waals surface area contributed by atoms with Crippen molar-refractivity contribution in [2.45, 2.75) is 163 Å². The summed E-state index contributed by atoms with van der Waals surface area (Å²) in [7, 11) is 2.25. The van der Waals surface area contributed by atoms with Crippen molar-refractivity contribution in [1.29, 1.82) is 0 Å². The normalized spacial score (nSPS) is 19.0. The van der Waals surface area contributed by atoms with E-state index in [1.54, 1.807) is 0 Å². The Morgan fingerprint density at radius 2 is 1.49 bits per heavy atom. The highest BCUT2D eigenvalue weighted by molar-refractivity contribution is 8.03. The highest BCUT2D eigenvalue weighted by Gasteiger charge is 2.58. The lowest BCUT2D eigenvalue weighted by atomic mass is 9.63. The third-order valence-electron chi connectivity index (χ3n) is 19.8. The molecule has 2 aliphatic carbocycles. The minimum atomic E-state index is -0.128. The molecule has 2 aliphatic heterocycles. The van der Waals surface area contributed by atoms with Crippen LogP contribution in [0.3, 0.4) is 0 Å². The van der Waals surface area contributed by atoms with Gasteiger partial charge in [0.2, 0.25) is 0 Å². The Labute approximate surface area is 512 Å². The molecule has 2 atom stereocenters. The number of hydrogen-bond acceptors (Lipinski definition) is 4. The van der Waals surface area contributed by atoms with E-state index in [-0.39, 0.29) is 21.8 Å². The van der Waals surface area contributed by atoms with Crippen LogP contribution in [0.2, 0.25) is 0 Å². The van der Waals surface area contributed by atoms with E-state index < -0.39 is 0 Å². The zero-order valence-corrected chi connectivity index (χ0v) is 53.7. The van der Waals surface area contributed by atoms with Crippen LogP contribution in [0.25, 0.3) is 55.2 Å². The van der Waals surface area contributed by atoms with Gasteiger partial charge in [0.05, 0.1) is 22.6 Å². The average Bonchev–Trinajstić information content (AvgIpc) is 1.78. The van der Waals surface area contributed by atoms with Crippen LogP contribution in [0, 0.1) is 10.8 Å². The molecule has 4 nitrogen and oxygen atoms in total. The molecule has 434 valence electrons. The van der Waals surface area contributed by atoms with Crippen molar-refractivity contribution in [1.82, 2.24) is 4.57 Å². The molecule has 0 spiro atoms. The second kappa shape index (κ2) is 22.8. The molecule has 0 radical (unpaired) electrons. The van der Waals surface area contributed by atoms with Crippen molar-refractivity contribution in [3.8, 4) is 33.4 Å². The van der Waals surface area contributed by atoms with Gasteiger partial charge in [-0.25, -0.2) is 0 Å². The first kappa shape index (κ1) is 58.1. The lowest BCUT2D eigenvalue weighted by Gasteiger charge is -2.51. The molecular formula is C80H88N4S. The van der Waals surface area contributed by atoms with E-state index in [2.05, 4.69) is 274 Å². The van der Waals surface area contributed by atoms with Gasteiger partial charge in [-0.3, -0.25) is 4.99 Å². The minimum Gasteiger partial charge on any atom is -0.342 e. The predicted molar refractivity (Wildman–Crippen MR) is 370 cm³/mol. The van der Waals surface area contributed by atoms with Gasteiger partial charge in [0.1, 0.15) is 0 Å². The molecular weight excluding hydrogens is 1050 g/mol. The standard InChI is InChI=1S/C80H88N4S/c1-14-17-28-55(16-3)46-72-71-52-79(11)41-23-24-42-80(79,12)84(71)70-51-62(83(61-32-25-31-57(48-61)56-29-19-18-20-30-56)69-36-26-34-65-63-33-21-22-35-68(63)82(13)75(65)69)50-67(76(70)85-72)64-40-38-59-47-58-37-39-60(78(9,10)44-43-77(6,7)8)49-66(58)73(59)74(64)81-54(5)45-53(4)27-15-2/h15-16,18-22,25-27,29-40,45-46,48-51H,3,14,17,23-24,28,41-44,47,52H2,1-2,4-13H3/b27-15-,53-45-,55-46+,81-54+. The molecule has 0 bridgehead atoms. The van der Waals surface area contributed by atoms with Crippen molar-refractivity contribution in [2.24, 2.45) is 22.9 Å². The van der Waals surface area contributed by atoms with E-state index in [1.165, 1.54) is 118 Å². The Morgan fingerprint density at radius 1 is 0.753 bits per heavy atom. The van der Waals surface area contributed by atoms with E-state index in [0.29, 0.717) is 0 Å². The van der Waals surface area contributed by atoms with Gasteiger partial charge in [-0.2, -0.15) is 0 Å². The molecule has 2 fully saturated rings. The molecule has 7 aromatic carbocycles. The maximum atomic E-state index is 5.95. The Morgan fingerprint density at radius 3 is 2.27 bits per heavy atom. The number of aryl methyl sites for hydroxylation is 1. The smallest absolute Gasteiger partial charge is 0.0792 e. The van der Waals surface area contributed by atoms with Crippen LogP contribution in [-0.2, 0) is 18.9 Å². The number of rotatable bonds is 16. The molecule has 4 aliphatic rings. The summed E-state index contributed by atoms with van der Waals surface area (Å²) < 4.78 is 2.42. The molecule has 5 heteroatoms. The van der Waals surface area contributed by atoms with Crippen LogP contribution in [0.4, 0.5) is 28.4 Å². The third-order valence-corrected chi connectivity index (χ3v) is 21.0. The molecule has 8 aromatic rings. The third kappa shape index (κ3) is 10.6. The number of para-hydroxylation sites is 2. The number of aliphatic imine (C=N–C) groups is 1. The summed E-state index contributed by atoms with van der Waals surface area (Å²) in [5.41, 5.74) is 24.7. The molecule has 3 heterocycles. The van der Waals surface area contributed by atoms with Gasteiger partial charge in [0.25, 0.3) is 0 Å². The van der Waals surface area contributed by atoms with Gasteiger partial charge in [-0.15, -0.1) is 0 Å². The summed E-state index contributed by atoms with van der Waals surface area (Å²) >= 11 is 1.99. The van der Waals surface area contributed by atoms with Gasteiger partial charge in [0.15, 0.2) is 0 Å². The number of unbranched alkanes of at least 4 members (excludes halogenated alkanes) is 1. The number of hydrogen-bond donors (Lipinski definition) is 0. The van der Waals surface area contributed by atoms with Gasteiger partial charge in [0, 0.05) is 78.2 Å². The Kier molecular flexibility index (Phi) is 15.6. The van der Waals surface area contributed by atoms with Crippen LogP contribution in [0.15, 0.2) is 208 Å². The maximum absolute atomic E-state index is 5.95. The molecule has 2 unspecified atom stereocenters.